The Kier molecular flexibility index (Phi) is 5.80. The smallest absolute Gasteiger partial charge is 0.391 e. The van der Waals surface area contributed by atoms with E-state index in [9.17, 15) is 13.2 Å². The van der Waals surface area contributed by atoms with Gasteiger partial charge in [-0.25, -0.2) is 0 Å². The van der Waals surface area contributed by atoms with E-state index in [1.807, 2.05) is 6.92 Å². The molecule has 2 rings (SSSR count). The van der Waals surface area contributed by atoms with E-state index >= 15 is 0 Å². The predicted octanol–water partition coefficient (Wildman–Crippen LogP) is 5.36. The Hall–Kier alpha value is -1.69. The highest BCUT2D eigenvalue weighted by atomic mass is 35.5. The van der Waals surface area contributed by atoms with Gasteiger partial charge in [-0.05, 0) is 30.5 Å². The molecule has 0 spiro atoms. The Balaban J connectivity index is 2.39. The second kappa shape index (κ2) is 7.47. The topological polar surface area (TPSA) is 27.1 Å². The minimum atomic E-state index is -4.21. The number of methoxy groups -OCH3 is 1. The average Bonchev–Trinajstić information content (AvgIpc) is 2.87. The number of aryl methyl sites for hydroxylation is 1. The molecule has 1 aromatic heterocycles. The molecule has 132 valence electrons. The van der Waals surface area contributed by atoms with Gasteiger partial charge >= 0.3 is 6.18 Å². The normalized spacial score (nSPS) is 13.1. The Labute approximate surface area is 144 Å². The van der Waals surface area contributed by atoms with Crippen LogP contribution in [0.4, 0.5) is 13.2 Å². The maximum atomic E-state index is 12.8. The molecule has 1 atom stereocenters. The van der Waals surface area contributed by atoms with E-state index in [1.165, 1.54) is 14.0 Å². The van der Waals surface area contributed by atoms with Gasteiger partial charge in [0.1, 0.15) is 5.75 Å². The fourth-order valence-corrected chi connectivity index (χ4v) is 2.78. The quantitative estimate of drug-likeness (QED) is 0.693. The summed E-state index contributed by atoms with van der Waals surface area (Å²) in [6.45, 7) is 3.89. The fraction of sp³-hybridized carbons (Fsp3) is 0.471. The molecule has 0 saturated carbocycles. The highest BCUT2D eigenvalue weighted by Crippen LogP contribution is 2.37. The number of alkyl halides is 3. The molecule has 0 aliphatic carbocycles. The summed E-state index contributed by atoms with van der Waals surface area (Å²) in [5, 5.41) is 4.73. The lowest BCUT2D eigenvalue weighted by atomic mass is 9.98. The van der Waals surface area contributed by atoms with Crippen LogP contribution < -0.4 is 4.74 Å². The largest absolute Gasteiger partial charge is 0.496 e. The van der Waals surface area contributed by atoms with E-state index in [2.05, 4.69) is 5.10 Å². The third-order valence-electron chi connectivity index (χ3n) is 3.85. The van der Waals surface area contributed by atoms with E-state index in [0.717, 1.165) is 12.0 Å². The molecule has 1 heterocycles. The van der Waals surface area contributed by atoms with Gasteiger partial charge in [0.2, 0.25) is 0 Å². The van der Waals surface area contributed by atoms with Gasteiger partial charge in [0.05, 0.1) is 29.9 Å². The van der Waals surface area contributed by atoms with Crippen LogP contribution in [0.3, 0.4) is 0 Å². The standard InChI is InChI=1S/C17H20ClF3N2O/c1-4-7-23-16(14(18)10-22-23)13-6-5-12(9-15(13)24-3)8-11(2)17(19,20)21/h5-6,9-11H,4,7-8H2,1-3H3/t11-/m0/s1. The molecule has 0 aliphatic heterocycles. The number of hydrogen-bond acceptors (Lipinski definition) is 2. The van der Waals surface area contributed by atoms with Crippen molar-refractivity contribution in [2.45, 2.75) is 39.4 Å². The molecule has 2 aromatic rings. The summed E-state index contributed by atoms with van der Waals surface area (Å²) in [5.74, 6) is -0.927. The molecule has 0 N–H and O–H groups in total. The fourth-order valence-electron chi connectivity index (χ4n) is 2.54. The van der Waals surface area contributed by atoms with E-state index in [1.54, 1.807) is 29.1 Å². The number of hydrogen-bond donors (Lipinski definition) is 0. The molecule has 0 amide bonds. The molecule has 0 saturated heterocycles. The number of halogens is 4. The van der Waals surface area contributed by atoms with Crippen LogP contribution in [-0.4, -0.2) is 23.1 Å². The lowest BCUT2D eigenvalue weighted by Gasteiger charge is -2.17. The van der Waals surface area contributed by atoms with Gasteiger partial charge in [0, 0.05) is 12.1 Å². The number of nitrogens with zero attached hydrogens (tertiary/aromatic N) is 2. The van der Waals surface area contributed by atoms with Gasteiger partial charge in [-0.3, -0.25) is 4.68 Å². The number of rotatable bonds is 6. The summed E-state index contributed by atoms with van der Waals surface area (Å²) in [6, 6.07) is 5.06. The average molecular weight is 361 g/mol. The molecular formula is C17H20ClF3N2O. The first-order chi connectivity index (χ1) is 11.3. The monoisotopic (exact) mass is 360 g/mol. The first-order valence-electron chi connectivity index (χ1n) is 7.73. The Bertz CT molecular complexity index is 698. The second-order valence-corrected chi connectivity index (χ2v) is 6.15. The highest BCUT2D eigenvalue weighted by molar-refractivity contribution is 6.33. The van der Waals surface area contributed by atoms with Crippen LogP contribution >= 0.6 is 11.6 Å². The molecule has 0 radical (unpaired) electrons. The van der Waals surface area contributed by atoms with Gasteiger partial charge in [-0.15, -0.1) is 0 Å². The van der Waals surface area contributed by atoms with Crippen molar-refractivity contribution >= 4 is 11.6 Å². The van der Waals surface area contributed by atoms with Gasteiger partial charge in [0.15, 0.2) is 0 Å². The second-order valence-electron chi connectivity index (χ2n) is 5.75. The molecule has 1 aromatic carbocycles. The van der Waals surface area contributed by atoms with Gasteiger partial charge in [-0.1, -0.05) is 31.5 Å². The molecule has 24 heavy (non-hydrogen) atoms. The maximum Gasteiger partial charge on any atom is 0.391 e. The third-order valence-corrected chi connectivity index (χ3v) is 4.13. The van der Waals surface area contributed by atoms with Crippen LogP contribution in [0.1, 0.15) is 25.8 Å². The molecule has 0 bridgehead atoms. The zero-order valence-electron chi connectivity index (χ0n) is 13.8. The van der Waals surface area contributed by atoms with Crippen molar-refractivity contribution in [3.63, 3.8) is 0 Å². The zero-order valence-corrected chi connectivity index (χ0v) is 14.6. The van der Waals surface area contributed by atoms with Crippen molar-refractivity contribution in [3.05, 3.63) is 35.0 Å². The first-order valence-corrected chi connectivity index (χ1v) is 8.11. The predicted molar refractivity (Wildman–Crippen MR) is 88.4 cm³/mol. The van der Waals surface area contributed by atoms with Crippen LogP contribution in [0.2, 0.25) is 5.02 Å². The summed E-state index contributed by atoms with van der Waals surface area (Å²) in [6.07, 6.45) is -1.86. The van der Waals surface area contributed by atoms with Gasteiger partial charge in [0.25, 0.3) is 0 Å². The van der Waals surface area contributed by atoms with Gasteiger partial charge < -0.3 is 4.74 Å². The van der Waals surface area contributed by atoms with Gasteiger partial charge in [-0.2, -0.15) is 18.3 Å². The van der Waals surface area contributed by atoms with Crippen molar-refractivity contribution in [1.29, 1.82) is 0 Å². The highest BCUT2D eigenvalue weighted by Gasteiger charge is 2.35. The zero-order chi connectivity index (χ0) is 17.9. The lowest BCUT2D eigenvalue weighted by molar-refractivity contribution is -0.169. The lowest BCUT2D eigenvalue weighted by Crippen LogP contribution is -2.21. The molecule has 7 heteroatoms. The summed E-state index contributed by atoms with van der Waals surface area (Å²) in [7, 11) is 1.49. The van der Waals surface area contributed by atoms with Crippen LogP contribution in [0.5, 0.6) is 5.75 Å². The van der Waals surface area contributed by atoms with Crippen LogP contribution in [-0.2, 0) is 13.0 Å². The van der Waals surface area contributed by atoms with E-state index < -0.39 is 12.1 Å². The van der Waals surface area contributed by atoms with E-state index in [0.29, 0.717) is 28.6 Å². The summed E-state index contributed by atoms with van der Waals surface area (Å²) in [4.78, 5) is 0. The Morgan fingerprint density at radius 1 is 1.33 bits per heavy atom. The summed E-state index contributed by atoms with van der Waals surface area (Å²) >= 11 is 6.24. The SMILES string of the molecule is CCCn1ncc(Cl)c1-c1ccc(C[C@H](C)C(F)(F)F)cc1OC. The van der Waals surface area contributed by atoms with E-state index in [4.69, 9.17) is 16.3 Å². The van der Waals surface area contributed by atoms with Crippen LogP contribution in [0.25, 0.3) is 11.3 Å². The molecule has 3 nitrogen and oxygen atoms in total. The molecular weight excluding hydrogens is 341 g/mol. The van der Waals surface area contributed by atoms with Crippen molar-refractivity contribution in [3.8, 4) is 17.0 Å². The third kappa shape index (κ3) is 4.04. The number of benzene rings is 1. The minimum absolute atomic E-state index is 0.0951. The van der Waals surface area contributed by atoms with Crippen LogP contribution in [0, 0.1) is 5.92 Å². The molecule has 0 fully saturated rings. The van der Waals surface area contributed by atoms with Crippen molar-refractivity contribution < 1.29 is 17.9 Å². The molecule has 0 unspecified atom stereocenters. The Morgan fingerprint density at radius 3 is 2.62 bits per heavy atom. The number of ether oxygens (including phenoxy) is 1. The van der Waals surface area contributed by atoms with Crippen LogP contribution in [0.15, 0.2) is 24.4 Å². The Morgan fingerprint density at radius 2 is 2.04 bits per heavy atom. The first kappa shape index (κ1) is 18.6. The molecule has 0 aliphatic rings. The van der Waals surface area contributed by atoms with Crippen molar-refractivity contribution in [2.75, 3.05) is 7.11 Å². The summed E-state index contributed by atoms with van der Waals surface area (Å²) < 4.78 is 45.4. The summed E-state index contributed by atoms with van der Waals surface area (Å²) in [5.41, 5.74) is 2.00. The van der Waals surface area contributed by atoms with Crippen molar-refractivity contribution in [1.82, 2.24) is 9.78 Å². The maximum absolute atomic E-state index is 12.8. The van der Waals surface area contributed by atoms with E-state index in [-0.39, 0.29) is 6.42 Å². The van der Waals surface area contributed by atoms with Crippen molar-refractivity contribution in [2.24, 2.45) is 5.92 Å². The number of aromatic nitrogens is 2. The minimum Gasteiger partial charge on any atom is -0.496 e.